The van der Waals surface area contributed by atoms with Gasteiger partial charge in [0.2, 0.25) is 0 Å². The molecule has 0 unspecified atom stereocenters. The molecule has 1 aromatic rings. The van der Waals surface area contributed by atoms with E-state index in [1.807, 2.05) is 20.8 Å². The van der Waals surface area contributed by atoms with Crippen molar-refractivity contribution in [3.8, 4) is 0 Å². The fourth-order valence-corrected chi connectivity index (χ4v) is 2.23. The molecule has 0 atom stereocenters. The molecule has 5 heteroatoms. The van der Waals surface area contributed by atoms with Gasteiger partial charge in [0.15, 0.2) is 5.69 Å². The zero-order valence-corrected chi connectivity index (χ0v) is 12.0. The molecule has 0 bridgehead atoms. The van der Waals surface area contributed by atoms with Crippen molar-refractivity contribution < 1.29 is 13.2 Å². The van der Waals surface area contributed by atoms with E-state index in [4.69, 9.17) is 0 Å². The van der Waals surface area contributed by atoms with Crippen molar-refractivity contribution in [1.29, 1.82) is 0 Å². The predicted octanol–water partition coefficient (Wildman–Crippen LogP) is 4.03. The van der Waals surface area contributed by atoms with Gasteiger partial charge in [-0.2, -0.15) is 13.2 Å². The van der Waals surface area contributed by atoms with Crippen molar-refractivity contribution in [2.24, 2.45) is 7.05 Å². The second-order valence-electron chi connectivity index (χ2n) is 6.69. The van der Waals surface area contributed by atoms with Crippen molar-refractivity contribution in [3.63, 3.8) is 0 Å². The fourth-order valence-electron chi connectivity index (χ4n) is 2.23. The largest absolute Gasteiger partial charge is 0.435 e. The van der Waals surface area contributed by atoms with E-state index in [0.29, 0.717) is 5.82 Å². The summed E-state index contributed by atoms with van der Waals surface area (Å²) in [6.07, 6.45) is -4.41. The molecule has 1 aromatic heterocycles. The highest BCUT2D eigenvalue weighted by Crippen LogP contribution is 2.39. The standard InChI is InChI=1S/C13H21F3N2/c1-11(2,3)9-8(13(14,15)16)17-10(18(9)7)12(4,5)6/h1-7H3. The number of halogens is 3. The highest BCUT2D eigenvalue weighted by molar-refractivity contribution is 5.28. The minimum atomic E-state index is -4.41. The Kier molecular flexibility index (Phi) is 3.35. The Bertz CT molecular complexity index is 443. The van der Waals surface area contributed by atoms with Crippen molar-refractivity contribution in [1.82, 2.24) is 9.55 Å². The lowest BCUT2D eigenvalue weighted by Gasteiger charge is -2.24. The van der Waals surface area contributed by atoms with Crippen LogP contribution in [0.15, 0.2) is 0 Å². The van der Waals surface area contributed by atoms with E-state index in [-0.39, 0.29) is 5.69 Å². The zero-order chi connectivity index (χ0) is 14.5. The molecule has 104 valence electrons. The lowest BCUT2D eigenvalue weighted by Crippen LogP contribution is -2.23. The average Bonchev–Trinajstić information content (AvgIpc) is 2.39. The number of hydrogen-bond donors (Lipinski definition) is 0. The molecule has 0 aliphatic heterocycles. The van der Waals surface area contributed by atoms with Crippen LogP contribution in [0.1, 0.15) is 58.8 Å². The van der Waals surface area contributed by atoms with Gasteiger partial charge in [0.1, 0.15) is 5.82 Å². The summed E-state index contributed by atoms with van der Waals surface area (Å²) in [5.74, 6) is 0.458. The Hall–Kier alpha value is -1.00. The first-order valence-electron chi connectivity index (χ1n) is 5.91. The molecule has 0 radical (unpaired) electrons. The monoisotopic (exact) mass is 262 g/mol. The van der Waals surface area contributed by atoms with Gasteiger partial charge in [0.05, 0.1) is 5.69 Å². The van der Waals surface area contributed by atoms with E-state index in [1.165, 1.54) is 0 Å². The molecule has 0 N–H and O–H groups in total. The second kappa shape index (κ2) is 4.00. The van der Waals surface area contributed by atoms with Crippen LogP contribution in [-0.2, 0) is 24.1 Å². The maximum absolute atomic E-state index is 13.1. The molecule has 0 aromatic carbocycles. The number of imidazole rings is 1. The Morgan fingerprint density at radius 3 is 1.56 bits per heavy atom. The predicted molar refractivity (Wildman–Crippen MR) is 65.6 cm³/mol. The van der Waals surface area contributed by atoms with E-state index < -0.39 is 22.7 Å². The molecule has 1 heterocycles. The van der Waals surface area contributed by atoms with Crippen LogP contribution in [0, 0.1) is 0 Å². The molecule has 0 saturated carbocycles. The molecular formula is C13H21F3N2. The molecule has 0 amide bonds. The summed E-state index contributed by atoms with van der Waals surface area (Å²) in [5.41, 5.74) is -1.55. The number of aromatic nitrogens is 2. The molecule has 1 rings (SSSR count). The second-order valence-corrected chi connectivity index (χ2v) is 6.69. The van der Waals surface area contributed by atoms with E-state index in [0.717, 1.165) is 0 Å². The van der Waals surface area contributed by atoms with E-state index >= 15 is 0 Å². The first kappa shape index (κ1) is 15.1. The SMILES string of the molecule is Cn1c(C(C)(C)C)nc(C(F)(F)F)c1C(C)(C)C. The minimum absolute atomic E-state index is 0.236. The van der Waals surface area contributed by atoms with Gasteiger partial charge in [-0.05, 0) is 0 Å². The van der Waals surface area contributed by atoms with Gasteiger partial charge in [-0.25, -0.2) is 4.98 Å². The van der Waals surface area contributed by atoms with Crippen LogP contribution in [0.25, 0.3) is 0 Å². The van der Waals surface area contributed by atoms with Crippen molar-refractivity contribution in [2.45, 2.75) is 58.5 Å². The van der Waals surface area contributed by atoms with Crippen LogP contribution in [0.2, 0.25) is 0 Å². The smallest absolute Gasteiger partial charge is 0.334 e. The quantitative estimate of drug-likeness (QED) is 0.690. The van der Waals surface area contributed by atoms with Gasteiger partial charge in [-0.3, -0.25) is 0 Å². The zero-order valence-electron chi connectivity index (χ0n) is 12.0. The number of alkyl halides is 3. The summed E-state index contributed by atoms with van der Waals surface area (Å²) in [6.45, 7) is 10.9. The van der Waals surface area contributed by atoms with E-state index in [2.05, 4.69) is 4.98 Å². The molecule has 0 aliphatic carbocycles. The van der Waals surface area contributed by atoms with Crippen LogP contribution < -0.4 is 0 Å². The molecular weight excluding hydrogens is 241 g/mol. The Labute approximate surface area is 106 Å². The third-order valence-electron chi connectivity index (χ3n) is 2.74. The van der Waals surface area contributed by atoms with Gasteiger partial charge in [0.25, 0.3) is 0 Å². The summed E-state index contributed by atoms with van der Waals surface area (Å²) in [5, 5.41) is 0. The van der Waals surface area contributed by atoms with Crippen LogP contribution in [0.4, 0.5) is 13.2 Å². The highest BCUT2D eigenvalue weighted by Gasteiger charge is 2.42. The average molecular weight is 262 g/mol. The Balaban J connectivity index is 3.63. The van der Waals surface area contributed by atoms with Gasteiger partial charge in [0, 0.05) is 17.9 Å². The topological polar surface area (TPSA) is 17.8 Å². The summed E-state index contributed by atoms with van der Waals surface area (Å²) >= 11 is 0. The van der Waals surface area contributed by atoms with Crippen molar-refractivity contribution >= 4 is 0 Å². The summed E-state index contributed by atoms with van der Waals surface area (Å²) in [7, 11) is 1.66. The lowest BCUT2D eigenvalue weighted by molar-refractivity contribution is -0.142. The summed E-state index contributed by atoms with van der Waals surface area (Å²) in [4.78, 5) is 3.86. The third-order valence-corrected chi connectivity index (χ3v) is 2.74. The van der Waals surface area contributed by atoms with Crippen LogP contribution in [0.5, 0.6) is 0 Å². The number of hydrogen-bond acceptors (Lipinski definition) is 1. The van der Waals surface area contributed by atoms with Gasteiger partial charge in [-0.1, -0.05) is 41.5 Å². The summed E-state index contributed by atoms with van der Waals surface area (Å²) in [6, 6.07) is 0. The van der Waals surface area contributed by atoms with Gasteiger partial charge in [-0.15, -0.1) is 0 Å². The van der Waals surface area contributed by atoms with Gasteiger partial charge < -0.3 is 4.57 Å². The minimum Gasteiger partial charge on any atom is -0.334 e. The molecule has 0 fully saturated rings. The van der Waals surface area contributed by atoms with Crippen LogP contribution in [-0.4, -0.2) is 9.55 Å². The van der Waals surface area contributed by atoms with E-state index in [1.54, 1.807) is 32.4 Å². The number of nitrogens with zero attached hydrogens (tertiary/aromatic N) is 2. The third kappa shape index (κ3) is 2.70. The first-order chi connectivity index (χ1) is 7.76. The summed E-state index contributed by atoms with van der Waals surface area (Å²) < 4.78 is 40.8. The molecule has 0 saturated heterocycles. The fraction of sp³-hybridized carbons (Fsp3) is 0.769. The van der Waals surface area contributed by atoms with Crippen LogP contribution >= 0.6 is 0 Å². The first-order valence-corrected chi connectivity index (χ1v) is 5.91. The highest BCUT2D eigenvalue weighted by atomic mass is 19.4. The maximum atomic E-state index is 13.1. The molecule has 0 aliphatic rings. The lowest BCUT2D eigenvalue weighted by atomic mass is 9.90. The van der Waals surface area contributed by atoms with E-state index in [9.17, 15) is 13.2 Å². The molecule has 18 heavy (non-hydrogen) atoms. The normalized spacial score (nSPS) is 14.1. The maximum Gasteiger partial charge on any atom is 0.435 e. The Morgan fingerprint density at radius 2 is 1.33 bits per heavy atom. The van der Waals surface area contributed by atoms with Crippen molar-refractivity contribution in [2.75, 3.05) is 0 Å². The molecule has 2 nitrogen and oxygen atoms in total. The van der Waals surface area contributed by atoms with Gasteiger partial charge >= 0.3 is 6.18 Å². The molecule has 0 spiro atoms. The number of rotatable bonds is 0. The Morgan fingerprint density at radius 1 is 0.889 bits per heavy atom. The van der Waals surface area contributed by atoms with Crippen LogP contribution in [0.3, 0.4) is 0 Å². The van der Waals surface area contributed by atoms with Crippen molar-refractivity contribution in [3.05, 3.63) is 17.2 Å².